The monoisotopic (exact) mass is 279 g/mol. The zero-order valence-corrected chi connectivity index (χ0v) is 10.8. The summed E-state index contributed by atoms with van der Waals surface area (Å²) in [4.78, 5) is 36.0. The average molecular weight is 279 g/mol. The van der Waals surface area contributed by atoms with Crippen LogP contribution in [0.25, 0.3) is 0 Å². The van der Waals surface area contributed by atoms with Gasteiger partial charge >= 0.3 is 5.97 Å². The molecule has 0 bridgehead atoms. The van der Waals surface area contributed by atoms with E-state index in [0.29, 0.717) is 18.8 Å². The van der Waals surface area contributed by atoms with Crippen LogP contribution in [0.15, 0.2) is 18.2 Å². The Hall–Kier alpha value is -2.64. The van der Waals surface area contributed by atoms with E-state index in [9.17, 15) is 19.7 Å². The largest absolute Gasteiger partial charge is 0.477 e. The number of carbonyl (C=O) groups excluding carboxylic acids is 1. The maximum absolute atomic E-state index is 11.6. The molecule has 2 rings (SSSR count). The summed E-state index contributed by atoms with van der Waals surface area (Å²) in [5, 5.41) is 19.8. The third-order valence-electron chi connectivity index (χ3n) is 3.23. The summed E-state index contributed by atoms with van der Waals surface area (Å²) >= 11 is 0. The number of carboxylic acids is 1. The molecule has 0 spiro atoms. The molecule has 0 saturated carbocycles. The van der Waals surface area contributed by atoms with Gasteiger partial charge in [-0.25, -0.2) is 4.79 Å². The Bertz CT molecular complexity index is 586. The summed E-state index contributed by atoms with van der Waals surface area (Å²) in [7, 11) is 1.69. The summed E-state index contributed by atoms with van der Waals surface area (Å²) in [5.41, 5.74) is -0.358. The molecule has 1 aromatic carbocycles. The summed E-state index contributed by atoms with van der Waals surface area (Å²) in [6.45, 7) is 1.19. The number of likely N-dealkylation sites (N-methyl/N-ethyl adjacent to an activating group) is 1. The highest BCUT2D eigenvalue weighted by atomic mass is 16.6. The number of carboxylic acid groups (broad SMARTS) is 1. The first kappa shape index (κ1) is 13.8. The van der Waals surface area contributed by atoms with Crippen molar-refractivity contribution in [3.8, 4) is 0 Å². The van der Waals surface area contributed by atoms with Gasteiger partial charge in [-0.05, 0) is 12.1 Å². The topological polar surface area (TPSA) is 104 Å². The zero-order valence-electron chi connectivity index (χ0n) is 10.8. The second kappa shape index (κ2) is 5.16. The summed E-state index contributed by atoms with van der Waals surface area (Å²) in [6.07, 6.45) is 0. The smallest absolute Gasteiger partial charge is 0.342 e. The second-order valence-corrected chi connectivity index (χ2v) is 4.50. The molecule has 0 aliphatic carbocycles. The Kier molecular flexibility index (Phi) is 3.55. The van der Waals surface area contributed by atoms with E-state index in [1.165, 1.54) is 18.2 Å². The minimum atomic E-state index is -1.35. The van der Waals surface area contributed by atoms with Gasteiger partial charge in [-0.3, -0.25) is 14.9 Å². The minimum absolute atomic E-state index is 0.0822. The van der Waals surface area contributed by atoms with E-state index in [1.807, 2.05) is 0 Å². The first-order valence-electron chi connectivity index (χ1n) is 5.91. The Morgan fingerprint density at radius 2 is 2.10 bits per heavy atom. The lowest BCUT2D eigenvalue weighted by Crippen LogP contribution is -2.48. The van der Waals surface area contributed by atoms with Crippen molar-refractivity contribution in [2.75, 3.05) is 31.6 Å². The van der Waals surface area contributed by atoms with Crippen LogP contribution < -0.4 is 4.90 Å². The van der Waals surface area contributed by atoms with E-state index < -0.39 is 16.6 Å². The predicted octanol–water partition coefficient (Wildman–Crippen LogP) is 0.571. The Balaban J connectivity index is 2.34. The van der Waals surface area contributed by atoms with Crippen molar-refractivity contribution in [1.82, 2.24) is 4.90 Å². The van der Waals surface area contributed by atoms with Crippen LogP contribution in [0.4, 0.5) is 11.4 Å². The third-order valence-corrected chi connectivity index (χ3v) is 3.23. The molecule has 1 heterocycles. The molecule has 8 heteroatoms. The molecule has 1 aromatic rings. The van der Waals surface area contributed by atoms with Gasteiger partial charge in [0.05, 0.1) is 11.5 Å². The average Bonchev–Trinajstić information content (AvgIpc) is 2.41. The van der Waals surface area contributed by atoms with Gasteiger partial charge in [-0.2, -0.15) is 0 Å². The van der Waals surface area contributed by atoms with Gasteiger partial charge in [0.15, 0.2) is 0 Å². The molecule has 1 aliphatic heterocycles. The van der Waals surface area contributed by atoms with Crippen LogP contribution in [0.5, 0.6) is 0 Å². The van der Waals surface area contributed by atoms with E-state index in [-0.39, 0.29) is 18.0 Å². The number of aromatic carboxylic acids is 1. The lowest BCUT2D eigenvalue weighted by atomic mass is 10.1. The minimum Gasteiger partial charge on any atom is -0.477 e. The van der Waals surface area contributed by atoms with Crippen molar-refractivity contribution in [3.05, 3.63) is 33.9 Å². The number of anilines is 1. The fourth-order valence-electron chi connectivity index (χ4n) is 2.03. The van der Waals surface area contributed by atoms with Crippen molar-refractivity contribution in [2.45, 2.75) is 0 Å². The quantitative estimate of drug-likeness (QED) is 0.640. The van der Waals surface area contributed by atoms with E-state index >= 15 is 0 Å². The lowest BCUT2D eigenvalue weighted by molar-refractivity contribution is -0.385. The fourth-order valence-corrected chi connectivity index (χ4v) is 2.03. The molecular formula is C12H13N3O5. The molecule has 1 fully saturated rings. The van der Waals surface area contributed by atoms with E-state index in [2.05, 4.69) is 0 Å². The van der Waals surface area contributed by atoms with Crippen LogP contribution >= 0.6 is 0 Å². The molecule has 1 saturated heterocycles. The van der Waals surface area contributed by atoms with Crippen LogP contribution in [-0.4, -0.2) is 53.5 Å². The van der Waals surface area contributed by atoms with Gasteiger partial charge in [0.25, 0.3) is 5.69 Å². The Labute approximate surface area is 114 Å². The molecule has 0 aromatic heterocycles. The summed E-state index contributed by atoms with van der Waals surface area (Å²) in [6, 6.07) is 3.87. The molecule has 20 heavy (non-hydrogen) atoms. The number of hydrogen-bond donors (Lipinski definition) is 1. The van der Waals surface area contributed by atoms with Crippen LogP contribution in [0, 0.1) is 10.1 Å². The number of amides is 1. The number of benzene rings is 1. The summed E-state index contributed by atoms with van der Waals surface area (Å²) < 4.78 is 0. The van der Waals surface area contributed by atoms with Crippen molar-refractivity contribution in [3.63, 3.8) is 0 Å². The van der Waals surface area contributed by atoms with Gasteiger partial charge < -0.3 is 14.9 Å². The maximum atomic E-state index is 11.6. The number of hydrogen-bond acceptors (Lipinski definition) is 5. The highest BCUT2D eigenvalue weighted by Crippen LogP contribution is 2.26. The van der Waals surface area contributed by atoms with Gasteiger partial charge in [0.2, 0.25) is 5.91 Å². The maximum Gasteiger partial charge on any atom is 0.342 e. The van der Waals surface area contributed by atoms with Crippen molar-refractivity contribution >= 4 is 23.3 Å². The molecule has 0 radical (unpaired) electrons. The van der Waals surface area contributed by atoms with Crippen molar-refractivity contribution < 1.29 is 19.6 Å². The number of nitro groups is 1. The molecule has 1 N–H and O–H groups in total. The van der Waals surface area contributed by atoms with E-state index in [0.717, 1.165) is 0 Å². The number of nitrogens with zero attached hydrogens (tertiary/aromatic N) is 3. The second-order valence-electron chi connectivity index (χ2n) is 4.50. The van der Waals surface area contributed by atoms with Gasteiger partial charge in [-0.15, -0.1) is 0 Å². The van der Waals surface area contributed by atoms with E-state index in [1.54, 1.807) is 16.8 Å². The summed E-state index contributed by atoms with van der Waals surface area (Å²) in [5.74, 6) is -1.43. The van der Waals surface area contributed by atoms with Crippen LogP contribution in [0.3, 0.4) is 0 Å². The van der Waals surface area contributed by atoms with Crippen molar-refractivity contribution in [1.29, 1.82) is 0 Å². The van der Waals surface area contributed by atoms with Crippen LogP contribution in [-0.2, 0) is 4.79 Å². The number of carbonyl (C=O) groups is 2. The van der Waals surface area contributed by atoms with Crippen LogP contribution in [0.2, 0.25) is 0 Å². The normalized spacial score (nSPS) is 15.3. The number of piperazine rings is 1. The molecule has 0 atom stereocenters. The molecule has 1 amide bonds. The van der Waals surface area contributed by atoms with Gasteiger partial charge in [0, 0.05) is 31.9 Å². The first-order chi connectivity index (χ1) is 9.40. The predicted molar refractivity (Wildman–Crippen MR) is 69.9 cm³/mol. The standard InChI is InChI=1S/C12H13N3O5/c1-13-4-5-14(7-11(13)16)8-2-3-9(12(17)18)10(6-8)15(19)20/h2-3,6H,4-5,7H2,1H3,(H,17,18). The van der Waals surface area contributed by atoms with Crippen molar-refractivity contribution in [2.24, 2.45) is 0 Å². The number of nitro benzene ring substituents is 1. The van der Waals surface area contributed by atoms with Crippen LogP contribution in [0.1, 0.15) is 10.4 Å². The Morgan fingerprint density at radius 1 is 1.40 bits per heavy atom. The highest BCUT2D eigenvalue weighted by Gasteiger charge is 2.25. The lowest BCUT2D eigenvalue weighted by Gasteiger charge is -2.33. The molecule has 1 aliphatic rings. The first-order valence-corrected chi connectivity index (χ1v) is 5.91. The SMILES string of the molecule is CN1CCN(c2ccc(C(=O)O)c([N+](=O)[O-])c2)CC1=O. The number of rotatable bonds is 3. The van der Waals surface area contributed by atoms with Gasteiger partial charge in [0.1, 0.15) is 5.56 Å². The molecule has 0 unspecified atom stereocenters. The van der Waals surface area contributed by atoms with E-state index in [4.69, 9.17) is 5.11 Å². The molecule has 106 valence electrons. The molecular weight excluding hydrogens is 266 g/mol. The zero-order chi connectivity index (χ0) is 14.9. The molecule has 8 nitrogen and oxygen atoms in total. The Morgan fingerprint density at radius 3 is 2.65 bits per heavy atom. The highest BCUT2D eigenvalue weighted by molar-refractivity contribution is 5.93. The fraction of sp³-hybridized carbons (Fsp3) is 0.333. The third kappa shape index (κ3) is 2.53. The van der Waals surface area contributed by atoms with Gasteiger partial charge in [-0.1, -0.05) is 0 Å².